The van der Waals surface area contributed by atoms with Crippen molar-refractivity contribution in [2.45, 2.75) is 26.0 Å². The van der Waals surface area contributed by atoms with Crippen molar-refractivity contribution in [2.75, 3.05) is 33.4 Å². The zero-order valence-corrected chi connectivity index (χ0v) is 13.3. The third-order valence-electron chi connectivity index (χ3n) is 4.12. The fourth-order valence-electron chi connectivity index (χ4n) is 2.92. The first-order valence-corrected chi connectivity index (χ1v) is 7.88. The topological polar surface area (TPSA) is 61.8 Å². The molecule has 0 saturated carbocycles. The molecule has 1 amide bonds. The Morgan fingerprint density at radius 3 is 2.91 bits per heavy atom. The van der Waals surface area contributed by atoms with Gasteiger partial charge in [-0.2, -0.15) is 0 Å². The molecule has 1 aliphatic rings. The Morgan fingerprint density at radius 1 is 1.41 bits per heavy atom. The first-order chi connectivity index (χ1) is 10.7. The maximum absolute atomic E-state index is 12.1. The van der Waals surface area contributed by atoms with Crippen molar-refractivity contribution < 1.29 is 14.6 Å². The standard InChI is InChI=1S/C17H26N2O3/c1-22-13-16-7-3-2-6-15(16)9-18-17(21)11-19-8-4-5-14(10-19)12-20/h2-3,6-7,14,20H,4-5,8-13H2,1H3,(H,18,21). The summed E-state index contributed by atoms with van der Waals surface area (Å²) in [6.45, 7) is 3.44. The maximum Gasteiger partial charge on any atom is 0.234 e. The normalized spacial score (nSPS) is 19.1. The first kappa shape index (κ1) is 16.9. The molecule has 0 aromatic heterocycles. The molecule has 1 fully saturated rings. The van der Waals surface area contributed by atoms with Crippen LogP contribution in [0.5, 0.6) is 0 Å². The Hall–Kier alpha value is -1.43. The molecule has 2 N–H and O–H groups in total. The quantitative estimate of drug-likeness (QED) is 0.793. The van der Waals surface area contributed by atoms with Crippen molar-refractivity contribution in [3.63, 3.8) is 0 Å². The van der Waals surface area contributed by atoms with Crippen LogP contribution >= 0.6 is 0 Å². The van der Waals surface area contributed by atoms with E-state index in [-0.39, 0.29) is 12.5 Å². The number of likely N-dealkylation sites (tertiary alicyclic amines) is 1. The number of aliphatic hydroxyl groups is 1. The lowest BCUT2D eigenvalue weighted by Gasteiger charge is -2.31. The van der Waals surface area contributed by atoms with Crippen molar-refractivity contribution >= 4 is 5.91 Å². The second-order valence-corrected chi connectivity index (χ2v) is 5.90. The molecular formula is C17H26N2O3. The van der Waals surface area contributed by atoms with Crippen LogP contribution in [0.3, 0.4) is 0 Å². The van der Waals surface area contributed by atoms with E-state index in [0.29, 0.717) is 25.6 Å². The molecule has 5 nitrogen and oxygen atoms in total. The predicted molar refractivity (Wildman–Crippen MR) is 85.3 cm³/mol. The first-order valence-electron chi connectivity index (χ1n) is 7.88. The summed E-state index contributed by atoms with van der Waals surface area (Å²) in [5.74, 6) is 0.342. The van der Waals surface area contributed by atoms with Gasteiger partial charge in [-0.3, -0.25) is 9.69 Å². The monoisotopic (exact) mass is 306 g/mol. The van der Waals surface area contributed by atoms with Gasteiger partial charge in [0, 0.05) is 26.8 Å². The lowest BCUT2D eigenvalue weighted by Crippen LogP contribution is -2.43. The molecule has 1 aromatic rings. The van der Waals surface area contributed by atoms with Gasteiger partial charge in [-0.05, 0) is 36.4 Å². The van der Waals surface area contributed by atoms with Crippen LogP contribution in [0.1, 0.15) is 24.0 Å². The number of rotatable bonds is 7. The molecule has 1 heterocycles. The van der Waals surface area contributed by atoms with Gasteiger partial charge >= 0.3 is 0 Å². The van der Waals surface area contributed by atoms with Crippen LogP contribution in [0.2, 0.25) is 0 Å². The molecule has 0 bridgehead atoms. The molecule has 0 aliphatic carbocycles. The minimum absolute atomic E-state index is 0.0332. The third kappa shape index (κ3) is 5.09. The largest absolute Gasteiger partial charge is 0.396 e. The Kier molecular flexibility index (Phi) is 6.83. The van der Waals surface area contributed by atoms with Gasteiger partial charge in [0.1, 0.15) is 0 Å². The summed E-state index contributed by atoms with van der Waals surface area (Å²) in [7, 11) is 1.67. The van der Waals surface area contributed by atoms with Crippen LogP contribution in [-0.2, 0) is 22.7 Å². The number of amides is 1. The van der Waals surface area contributed by atoms with Gasteiger partial charge in [0.2, 0.25) is 5.91 Å². The number of aliphatic hydroxyl groups excluding tert-OH is 1. The summed E-state index contributed by atoms with van der Waals surface area (Å²) in [5, 5.41) is 12.2. The summed E-state index contributed by atoms with van der Waals surface area (Å²) >= 11 is 0. The Bertz CT molecular complexity index is 479. The number of carbonyl (C=O) groups is 1. The third-order valence-corrected chi connectivity index (χ3v) is 4.12. The van der Waals surface area contributed by atoms with Crippen molar-refractivity contribution in [2.24, 2.45) is 5.92 Å². The van der Waals surface area contributed by atoms with E-state index < -0.39 is 0 Å². The van der Waals surface area contributed by atoms with E-state index in [1.54, 1.807) is 7.11 Å². The van der Waals surface area contributed by atoms with Crippen LogP contribution in [0.15, 0.2) is 24.3 Å². The number of hydrogen-bond donors (Lipinski definition) is 2. The van der Waals surface area contributed by atoms with Crippen LogP contribution in [-0.4, -0.2) is 49.3 Å². The van der Waals surface area contributed by atoms with Gasteiger partial charge in [0.15, 0.2) is 0 Å². The van der Waals surface area contributed by atoms with E-state index >= 15 is 0 Å². The second-order valence-electron chi connectivity index (χ2n) is 5.90. The average Bonchev–Trinajstić information content (AvgIpc) is 2.54. The number of benzene rings is 1. The summed E-state index contributed by atoms with van der Waals surface area (Å²) in [5.41, 5.74) is 2.19. The molecule has 1 atom stereocenters. The van der Waals surface area contributed by atoms with Gasteiger partial charge in [-0.15, -0.1) is 0 Å². The van der Waals surface area contributed by atoms with Crippen molar-refractivity contribution in [3.8, 4) is 0 Å². The highest BCUT2D eigenvalue weighted by molar-refractivity contribution is 5.78. The molecule has 122 valence electrons. The van der Waals surface area contributed by atoms with Gasteiger partial charge < -0.3 is 15.2 Å². The van der Waals surface area contributed by atoms with Gasteiger partial charge in [-0.1, -0.05) is 24.3 Å². The minimum atomic E-state index is 0.0332. The minimum Gasteiger partial charge on any atom is -0.396 e. The Morgan fingerprint density at radius 2 is 2.18 bits per heavy atom. The molecular weight excluding hydrogens is 280 g/mol. The highest BCUT2D eigenvalue weighted by atomic mass is 16.5. The lowest BCUT2D eigenvalue weighted by atomic mass is 9.99. The summed E-state index contributed by atoms with van der Waals surface area (Å²) in [6, 6.07) is 7.97. The van der Waals surface area contributed by atoms with Gasteiger partial charge in [0.25, 0.3) is 0 Å². The lowest BCUT2D eigenvalue weighted by molar-refractivity contribution is -0.122. The van der Waals surface area contributed by atoms with Crippen LogP contribution in [0, 0.1) is 5.92 Å². The van der Waals surface area contributed by atoms with Crippen molar-refractivity contribution in [1.29, 1.82) is 0 Å². The highest BCUT2D eigenvalue weighted by Gasteiger charge is 2.20. The molecule has 1 aromatic carbocycles. The van der Waals surface area contributed by atoms with E-state index in [1.807, 2.05) is 24.3 Å². The number of carbonyl (C=O) groups excluding carboxylic acids is 1. The predicted octanol–water partition coefficient (Wildman–Crippen LogP) is 1.15. The number of piperidine rings is 1. The SMILES string of the molecule is COCc1ccccc1CNC(=O)CN1CCCC(CO)C1. The van der Waals surface area contributed by atoms with Crippen LogP contribution < -0.4 is 5.32 Å². The summed E-state index contributed by atoms with van der Waals surface area (Å²) in [6.07, 6.45) is 2.11. The van der Waals surface area contributed by atoms with Gasteiger partial charge in [-0.25, -0.2) is 0 Å². The number of ether oxygens (including phenoxy) is 1. The molecule has 2 rings (SSSR count). The number of nitrogens with one attached hydrogen (secondary N) is 1. The molecule has 1 aliphatic heterocycles. The molecule has 1 unspecified atom stereocenters. The maximum atomic E-state index is 12.1. The molecule has 1 saturated heterocycles. The average molecular weight is 306 g/mol. The Labute approximate surface area is 132 Å². The molecule has 0 radical (unpaired) electrons. The smallest absolute Gasteiger partial charge is 0.234 e. The zero-order chi connectivity index (χ0) is 15.8. The highest BCUT2D eigenvalue weighted by Crippen LogP contribution is 2.15. The fourth-order valence-corrected chi connectivity index (χ4v) is 2.92. The second kappa shape index (κ2) is 8.88. The fraction of sp³-hybridized carbons (Fsp3) is 0.588. The summed E-state index contributed by atoms with van der Waals surface area (Å²) in [4.78, 5) is 14.2. The molecule has 5 heteroatoms. The zero-order valence-electron chi connectivity index (χ0n) is 13.3. The van der Waals surface area contributed by atoms with Crippen molar-refractivity contribution in [3.05, 3.63) is 35.4 Å². The number of nitrogens with zero attached hydrogens (tertiary/aromatic N) is 1. The number of methoxy groups -OCH3 is 1. The molecule has 0 spiro atoms. The van der Waals surface area contributed by atoms with Crippen molar-refractivity contribution in [1.82, 2.24) is 10.2 Å². The van der Waals surface area contributed by atoms with E-state index in [4.69, 9.17) is 4.74 Å². The van der Waals surface area contributed by atoms with E-state index in [1.165, 1.54) is 0 Å². The summed E-state index contributed by atoms with van der Waals surface area (Å²) < 4.78 is 5.18. The van der Waals surface area contributed by atoms with Crippen LogP contribution in [0.4, 0.5) is 0 Å². The van der Waals surface area contributed by atoms with E-state index in [2.05, 4.69) is 10.2 Å². The van der Waals surface area contributed by atoms with Gasteiger partial charge in [0.05, 0.1) is 13.2 Å². The van der Waals surface area contributed by atoms with Crippen LogP contribution in [0.25, 0.3) is 0 Å². The molecule has 22 heavy (non-hydrogen) atoms. The Balaban J connectivity index is 1.80. The number of hydrogen-bond acceptors (Lipinski definition) is 4. The van der Waals surface area contributed by atoms with E-state index in [9.17, 15) is 9.90 Å². The van der Waals surface area contributed by atoms with E-state index in [0.717, 1.165) is 37.1 Å².